The van der Waals surface area contributed by atoms with Crippen molar-refractivity contribution in [3.63, 3.8) is 0 Å². The molecule has 0 saturated carbocycles. The zero-order chi connectivity index (χ0) is 31.6. The van der Waals surface area contributed by atoms with Gasteiger partial charge in [0.1, 0.15) is 0 Å². The molecule has 0 atom stereocenters. The van der Waals surface area contributed by atoms with Crippen molar-refractivity contribution in [2.24, 2.45) is 0 Å². The molecule has 0 aliphatic heterocycles. The molecule has 0 amide bonds. The minimum Gasteiger partial charge on any atom is -0.254 e. The molecule has 0 radical (unpaired) electrons. The van der Waals surface area contributed by atoms with Crippen molar-refractivity contribution in [1.82, 2.24) is 19.9 Å². The van der Waals surface area contributed by atoms with E-state index in [4.69, 9.17) is 9.97 Å². The molecule has 0 fully saturated rings. The highest BCUT2D eigenvalue weighted by Crippen LogP contribution is 2.38. The van der Waals surface area contributed by atoms with E-state index in [-0.39, 0.29) is 0 Å². The van der Waals surface area contributed by atoms with Gasteiger partial charge in [-0.1, -0.05) is 103 Å². The van der Waals surface area contributed by atoms with Crippen LogP contribution in [0, 0.1) is 0 Å². The summed E-state index contributed by atoms with van der Waals surface area (Å²) < 4.78 is 0. The highest BCUT2D eigenvalue weighted by atomic mass is 14.7. The van der Waals surface area contributed by atoms with Gasteiger partial charge in [0.25, 0.3) is 0 Å². The molecule has 4 heterocycles. The van der Waals surface area contributed by atoms with Crippen LogP contribution in [-0.2, 0) is 0 Å². The monoisotopic (exact) mass is 610 g/mol. The molecule has 10 rings (SSSR count). The molecule has 10 aromatic rings. The van der Waals surface area contributed by atoms with Crippen LogP contribution < -0.4 is 0 Å². The molecule has 0 spiro atoms. The molecule has 0 aliphatic carbocycles. The highest BCUT2D eigenvalue weighted by molar-refractivity contribution is 6.22. The largest absolute Gasteiger partial charge is 0.254 e. The first-order chi connectivity index (χ1) is 23.8. The van der Waals surface area contributed by atoms with Crippen molar-refractivity contribution >= 4 is 65.2 Å². The van der Waals surface area contributed by atoms with Gasteiger partial charge in [-0.15, -0.1) is 0 Å². The maximum absolute atomic E-state index is 5.17. The fourth-order valence-electron chi connectivity index (χ4n) is 7.21. The Morgan fingerprint density at radius 1 is 0.375 bits per heavy atom. The van der Waals surface area contributed by atoms with E-state index in [1.807, 2.05) is 24.5 Å². The molecule has 48 heavy (non-hydrogen) atoms. The Hall–Kier alpha value is -6.52. The summed E-state index contributed by atoms with van der Waals surface area (Å²) in [5.74, 6) is 0. The predicted molar refractivity (Wildman–Crippen MR) is 199 cm³/mol. The van der Waals surface area contributed by atoms with Gasteiger partial charge >= 0.3 is 0 Å². The molecule has 6 aromatic carbocycles. The SMILES string of the molecule is c1ccc2c(c1)ccc1c(-c3ccc(-c4ccc5cc(-c6cc7cccnc7c7ncccc67)ccc5n4)cc3)nc3ccccc3c12. The number of hydrogen-bond acceptors (Lipinski definition) is 4. The lowest BCUT2D eigenvalue weighted by molar-refractivity contribution is 1.37. The molecule has 4 heteroatoms. The van der Waals surface area contributed by atoms with Crippen molar-refractivity contribution in [2.45, 2.75) is 0 Å². The second-order valence-corrected chi connectivity index (χ2v) is 12.3. The maximum atomic E-state index is 5.17. The van der Waals surface area contributed by atoms with Crippen LogP contribution in [-0.4, -0.2) is 19.9 Å². The van der Waals surface area contributed by atoms with E-state index in [9.17, 15) is 0 Å². The van der Waals surface area contributed by atoms with E-state index in [1.54, 1.807) is 0 Å². The molecular formula is C44H26N4. The number of para-hydroxylation sites is 1. The number of rotatable bonds is 3. The number of aromatic nitrogens is 4. The average Bonchev–Trinajstić information content (AvgIpc) is 3.16. The van der Waals surface area contributed by atoms with Crippen LogP contribution >= 0.6 is 0 Å². The van der Waals surface area contributed by atoms with Crippen LogP contribution in [0.4, 0.5) is 0 Å². The molecule has 0 saturated heterocycles. The van der Waals surface area contributed by atoms with Crippen LogP contribution in [0.1, 0.15) is 0 Å². The predicted octanol–water partition coefficient (Wildman–Crippen LogP) is 11.2. The number of benzene rings is 6. The van der Waals surface area contributed by atoms with Crippen molar-refractivity contribution < 1.29 is 0 Å². The lowest BCUT2D eigenvalue weighted by Crippen LogP contribution is -1.91. The van der Waals surface area contributed by atoms with Crippen molar-refractivity contribution in [1.29, 1.82) is 0 Å². The third-order valence-corrected chi connectivity index (χ3v) is 9.51. The molecule has 222 valence electrons. The summed E-state index contributed by atoms with van der Waals surface area (Å²) in [5, 5.41) is 9.33. The van der Waals surface area contributed by atoms with E-state index in [0.717, 1.165) is 77.3 Å². The minimum absolute atomic E-state index is 0.919. The zero-order valence-corrected chi connectivity index (χ0v) is 25.8. The highest BCUT2D eigenvalue weighted by Gasteiger charge is 2.14. The summed E-state index contributed by atoms with van der Waals surface area (Å²) in [6.07, 6.45) is 3.66. The summed E-state index contributed by atoms with van der Waals surface area (Å²) in [6.45, 7) is 0. The van der Waals surface area contributed by atoms with E-state index >= 15 is 0 Å². The number of pyridine rings is 4. The summed E-state index contributed by atoms with van der Waals surface area (Å²) in [5.41, 5.74) is 10.2. The Morgan fingerprint density at radius 2 is 1.08 bits per heavy atom. The fourth-order valence-corrected chi connectivity index (χ4v) is 7.21. The smallest absolute Gasteiger partial charge is 0.0970 e. The zero-order valence-electron chi connectivity index (χ0n) is 25.8. The first-order valence-corrected chi connectivity index (χ1v) is 16.1. The van der Waals surface area contributed by atoms with Gasteiger partial charge < -0.3 is 0 Å². The van der Waals surface area contributed by atoms with Crippen LogP contribution in [0.25, 0.3) is 98.8 Å². The standard InChI is InChI=1S/C44H26N4/c1-2-9-33-27(7-1)17-20-36-41(33)35-10-3-4-12-40(35)48-42(36)29-15-13-28(14-16-29)38-22-19-31-25-30(18-21-39(31)47-38)37-26-32-8-5-23-45-43(32)44-34(37)11-6-24-46-44/h1-26H. The van der Waals surface area contributed by atoms with Crippen molar-refractivity contribution in [3.8, 4) is 33.6 Å². The van der Waals surface area contributed by atoms with Gasteiger partial charge in [-0.25, -0.2) is 9.97 Å². The molecule has 0 N–H and O–H groups in total. The van der Waals surface area contributed by atoms with Crippen molar-refractivity contribution in [3.05, 3.63) is 158 Å². The number of nitrogens with zero attached hydrogens (tertiary/aromatic N) is 4. The van der Waals surface area contributed by atoms with Crippen LogP contribution in [0.15, 0.2) is 158 Å². The van der Waals surface area contributed by atoms with E-state index in [1.165, 1.54) is 21.5 Å². The molecule has 0 aliphatic rings. The molecule has 4 nitrogen and oxygen atoms in total. The molecule has 0 bridgehead atoms. The van der Waals surface area contributed by atoms with E-state index in [0.29, 0.717) is 0 Å². The van der Waals surface area contributed by atoms with Gasteiger partial charge in [-0.3, -0.25) is 9.97 Å². The van der Waals surface area contributed by atoms with Gasteiger partial charge in [-0.2, -0.15) is 0 Å². The summed E-state index contributed by atoms with van der Waals surface area (Å²) in [7, 11) is 0. The van der Waals surface area contributed by atoms with Crippen LogP contribution in [0.2, 0.25) is 0 Å². The lowest BCUT2D eigenvalue weighted by atomic mass is 9.95. The van der Waals surface area contributed by atoms with Gasteiger partial charge in [0.05, 0.1) is 33.5 Å². The summed E-state index contributed by atoms with van der Waals surface area (Å²) in [6, 6.07) is 51.3. The number of fused-ring (bicyclic) bond motifs is 9. The molecular weight excluding hydrogens is 585 g/mol. The van der Waals surface area contributed by atoms with Gasteiger partial charge in [0, 0.05) is 55.8 Å². The topological polar surface area (TPSA) is 51.6 Å². The Balaban J connectivity index is 1.04. The number of hydrogen-bond donors (Lipinski definition) is 0. The summed E-state index contributed by atoms with van der Waals surface area (Å²) >= 11 is 0. The van der Waals surface area contributed by atoms with Crippen molar-refractivity contribution in [2.75, 3.05) is 0 Å². The third kappa shape index (κ3) is 4.16. The lowest BCUT2D eigenvalue weighted by Gasteiger charge is -2.13. The first-order valence-electron chi connectivity index (χ1n) is 16.1. The Kier molecular flexibility index (Phi) is 5.84. The average molecular weight is 611 g/mol. The quantitative estimate of drug-likeness (QED) is 0.187. The van der Waals surface area contributed by atoms with Crippen LogP contribution in [0.5, 0.6) is 0 Å². The molecule has 4 aromatic heterocycles. The fraction of sp³-hybridized carbons (Fsp3) is 0. The first kappa shape index (κ1) is 26.7. The normalized spacial score (nSPS) is 11.8. The minimum atomic E-state index is 0.919. The van der Waals surface area contributed by atoms with Crippen LogP contribution in [0.3, 0.4) is 0 Å². The van der Waals surface area contributed by atoms with Gasteiger partial charge in [0.2, 0.25) is 0 Å². The maximum Gasteiger partial charge on any atom is 0.0970 e. The second-order valence-electron chi connectivity index (χ2n) is 12.3. The molecule has 0 unspecified atom stereocenters. The summed E-state index contributed by atoms with van der Waals surface area (Å²) in [4.78, 5) is 19.6. The Bertz CT molecular complexity index is 2880. The third-order valence-electron chi connectivity index (χ3n) is 9.51. The van der Waals surface area contributed by atoms with E-state index < -0.39 is 0 Å². The van der Waals surface area contributed by atoms with E-state index in [2.05, 4.69) is 143 Å². The Morgan fingerprint density at radius 3 is 2.00 bits per heavy atom. The van der Waals surface area contributed by atoms with Gasteiger partial charge in [-0.05, 0) is 64.4 Å². The van der Waals surface area contributed by atoms with Gasteiger partial charge in [0.15, 0.2) is 0 Å². The Labute approximate surface area is 276 Å². The second kappa shape index (κ2) is 10.5.